The summed E-state index contributed by atoms with van der Waals surface area (Å²) in [5.74, 6) is 0.205. The molecule has 1 amide bonds. The molecule has 6 heteroatoms. The molecule has 0 saturated carbocycles. The molecule has 1 aliphatic rings. The lowest BCUT2D eigenvalue weighted by atomic mass is 10.1. The molecule has 0 atom stereocenters. The molecule has 1 aromatic heterocycles. The molecule has 0 aliphatic carbocycles. The van der Waals surface area contributed by atoms with E-state index in [1.54, 1.807) is 29.2 Å². The summed E-state index contributed by atoms with van der Waals surface area (Å²) in [7, 11) is 1.52. The summed E-state index contributed by atoms with van der Waals surface area (Å²) in [6.07, 6.45) is 4.30. The number of para-hydroxylation sites is 1. The minimum absolute atomic E-state index is 0.0724. The first-order valence-corrected chi connectivity index (χ1v) is 10.1. The largest absolute Gasteiger partial charge is 0.493 e. The second kappa shape index (κ2) is 8.97. The number of hydrogen-bond donors (Lipinski definition) is 1. The molecule has 0 radical (unpaired) electrons. The molecule has 1 aliphatic heterocycles. The molecule has 1 saturated heterocycles. The molecular formula is C24H25N2O4+. The van der Waals surface area contributed by atoms with Crippen LogP contribution in [0.4, 0.5) is 0 Å². The van der Waals surface area contributed by atoms with Gasteiger partial charge in [0, 0.05) is 5.39 Å². The fourth-order valence-corrected chi connectivity index (χ4v) is 3.75. The summed E-state index contributed by atoms with van der Waals surface area (Å²) in [6.45, 7) is 3.83. The highest BCUT2D eigenvalue weighted by Gasteiger charge is 2.26. The van der Waals surface area contributed by atoms with E-state index >= 15 is 0 Å². The lowest BCUT2D eigenvalue weighted by molar-refractivity contribution is -0.898. The zero-order chi connectivity index (χ0) is 20.9. The summed E-state index contributed by atoms with van der Waals surface area (Å²) in [4.78, 5) is 28.5. The van der Waals surface area contributed by atoms with E-state index in [0.717, 1.165) is 19.6 Å². The molecule has 2 aromatic carbocycles. The second-order valence-electron chi connectivity index (χ2n) is 7.39. The van der Waals surface area contributed by atoms with Crippen molar-refractivity contribution in [1.82, 2.24) is 4.90 Å². The van der Waals surface area contributed by atoms with E-state index in [1.807, 2.05) is 18.2 Å². The van der Waals surface area contributed by atoms with Crippen LogP contribution in [0.15, 0.2) is 69.9 Å². The molecule has 0 bridgehead atoms. The van der Waals surface area contributed by atoms with Gasteiger partial charge in [-0.15, -0.1) is 0 Å². The van der Waals surface area contributed by atoms with Gasteiger partial charge in [0.25, 0.3) is 5.91 Å². The number of nitrogens with one attached hydrogen (secondary N) is 1. The van der Waals surface area contributed by atoms with Crippen LogP contribution < -0.4 is 15.3 Å². The zero-order valence-corrected chi connectivity index (χ0v) is 17.0. The van der Waals surface area contributed by atoms with Crippen LogP contribution in [0.3, 0.4) is 0 Å². The standard InChI is InChI=1S/C24H24N2O4/c1-29-21-11-5-10-19-17-20(24(28)30-22(19)21)23(27)26-15-13-25(14-16-26)12-6-9-18-7-3-2-4-8-18/h2-11,17H,12-16H2,1H3/p+1. The SMILES string of the molecule is COc1cccc2cc(C(=O)N3CC[NH+](CC=Cc4ccccc4)CC3)c(=O)oc12. The predicted octanol–water partition coefficient (Wildman–Crippen LogP) is 1.86. The summed E-state index contributed by atoms with van der Waals surface area (Å²) >= 11 is 0. The summed E-state index contributed by atoms with van der Waals surface area (Å²) in [5, 5.41) is 0.674. The van der Waals surface area contributed by atoms with Crippen molar-refractivity contribution in [2.24, 2.45) is 0 Å². The maximum atomic E-state index is 12.9. The Morgan fingerprint density at radius 3 is 2.63 bits per heavy atom. The Labute approximate surface area is 175 Å². The van der Waals surface area contributed by atoms with Crippen LogP contribution in [0, 0.1) is 0 Å². The Morgan fingerprint density at radius 2 is 1.90 bits per heavy atom. The fourth-order valence-electron chi connectivity index (χ4n) is 3.75. The van der Waals surface area contributed by atoms with Crippen LogP contribution in [0.1, 0.15) is 15.9 Å². The molecule has 2 heterocycles. The van der Waals surface area contributed by atoms with Gasteiger partial charge in [0.1, 0.15) is 5.56 Å². The van der Waals surface area contributed by atoms with Crippen molar-refractivity contribution < 1.29 is 18.8 Å². The first kappa shape index (κ1) is 19.9. The quantitative estimate of drug-likeness (QED) is 0.658. The number of benzene rings is 2. The topological polar surface area (TPSA) is 64.2 Å². The molecule has 1 N–H and O–H groups in total. The monoisotopic (exact) mass is 405 g/mol. The van der Waals surface area contributed by atoms with E-state index in [0.29, 0.717) is 29.8 Å². The van der Waals surface area contributed by atoms with Crippen molar-refractivity contribution in [3.63, 3.8) is 0 Å². The van der Waals surface area contributed by atoms with E-state index in [1.165, 1.54) is 17.6 Å². The number of hydrogen-bond acceptors (Lipinski definition) is 4. The van der Waals surface area contributed by atoms with Gasteiger partial charge in [-0.1, -0.05) is 48.5 Å². The molecule has 0 spiro atoms. The van der Waals surface area contributed by atoms with Crippen molar-refractivity contribution in [3.05, 3.63) is 82.2 Å². The summed E-state index contributed by atoms with van der Waals surface area (Å²) < 4.78 is 10.6. The fraction of sp³-hybridized carbons (Fsp3) is 0.250. The van der Waals surface area contributed by atoms with Crippen LogP contribution in [0.2, 0.25) is 0 Å². The lowest BCUT2D eigenvalue weighted by Gasteiger charge is -2.31. The molecule has 1 fully saturated rings. The van der Waals surface area contributed by atoms with Crippen molar-refractivity contribution in [3.8, 4) is 5.75 Å². The van der Waals surface area contributed by atoms with Gasteiger partial charge < -0.3 is 19.0 Å². The maximum absolute atomic E-state index is 12.9. The number of carbonyl (C=O) groups is 1. The molecular weight excluding hydrogens is 380 g/mol. The van der Waals surface area contributed by atoms with Gasteiger partial charge in [0.2, 0.25) is 0 Å². The van der Waals surface area contributed by atoms with Gasteiger partial charge in [-0.3, -0.25) is 4.79 Å². The number of nitrogens with zero attached hydrogens (tertiary/aromatic N) is 1. The van der Waals surface area contributed by atoms with Crippen LogP contribution in [-0.2, 0) is 0 Å². The highest BCUT2D eigenvalue weighted by Crippen LogP contribution is 2.24. The van der Waals surface area contributed by atoms with Crippen molar-refractivity contribution in [1.29, 1.82) is 0 Å². The average molecular weight is 405 g/mol. The van der Waals surface area contributed by atoms with E-state index in [-0.39, 0.29) is 11.5 Å². The van der Waals surface area contributed by atoms with E-state index in [4.69, 9.17) is 9.15 Å². The highest BCUT2D eigenvalue weighted by atomic mass is 16.5. The zero-order valence-electron chi connectivity index (χ0n) is 17.0. The molecule has 0 unspecified atom stereocenters. The van der Waals surface area contributed by atoms with Crippen molar-refractivity contribution >= 4 is 23.0 Å². The molecule has 4 rings (SSSR count). The second-order valence-corrected chi connectivity index (χ2v) is 7.39. The van der Waals surface area contributed by atoms with Gasteiger partial charge in [-0.25, -0.2) is 4.79 Å². The number of piperazine rings is 1. The number of ether oxygens (including phenoxy) is 1. The highest BCUT2D eigenvalue weighted by molar-refractivity contribution is 5.97. The first-order valence-electron chi connectivity index (χ1n) is 10.1. The van der Waals surface area contributed by atoms with Crippen molar-refractivity contribution in [2.45, 2.75) is 0 Å². The Kier molecular flexibility index (Phi) is 5.95. The van der Waals surface area contributed by atoms with Gasteiger partial charge in [0.15, 0.2) is 11.3 Å². The van der Waals surface area contributed by atoms with Crippen LogP contribution in [-0.4, -0.2) is 50.6 Å². The third kappa shape index (κ3) is 4.28. The lowest BCUT2D eigenvalue weighted by Crippen LogP contribution is -3.14. The predicted molar refractivity (Wildman–Crippen MR) is 116 cm³/mol. The van der Waals surface area contributed by atoms with Gasteiger partial charge >= 0.3 is 5.63 Å². The van der Waals surface area contributed by atoms with Crippen LogP contribution >= 0.6 is 0 Å². The Hall–Kier alpha value is -3.38. The molecule has 30 heavy (non-hydrogen) atoms. The summed E-state index contributed by atoms with van der Waals surface area (Å²) in [6, 6.07) is 17.1. The van der Waals surface area contributed by atoms with Crippen molar-refractivity contribution in [2.75, 3.05) is 39.8 Å². The van der Waals surface area contributed by atoms with E-state index < -0.39 is 5.63 Å². The number of quaternary nitrogens is 1. The molecule has 154 valence electrons. The van der Waals surface area contributed by atoms with Crippen LogP contribution in [0.5, 0.6) is 5.75 Å². The molecule has 6 nitrogen and oxygen atoms in total. The third-order valence-electron chi connectivity index (χ3n) is 5.45. The van der Waals surface area contributed by atoms with E-state index in [9.17, 15) is 9.59 Å². The summed E-state index contributed by atoms with van der Waals surface area (Å²) in [5.41, 5.74) is 0.993. The number of carbonyl (C=O) groups excluding carboxylic acids is 1. The van der Waals surface area contributed by atoms with E-state index in [2.05, 4.69) is 24.3 Å². The normalized spacial score (nSPS) is 15.0. The van der Waals surface area contributed by atoms with Crippen LogP contribution in [0.25, 0.3) is 17.0 Å². The van der Waals surface area contributed by atoms with Gasteiger partial charge in [-0.05, 0) is 23.8 Å². The average Bonchev–Trinajstić information content (AvgIpc) is 2.79. The van der Waals surface area contributed by atoms with Gasteiger partial charge in [-0.2, -0.15) is 0 Å². The minimum atomic E-state index is -0.627. The Bertz CT molecular complexity index is 1110. The number of rotatable bonds is 5. The van der Waals surface area contributed by atoms with Gasteiger partial charge in [0.05, 0.1) is 39.8 Å². The maximum Gasteiger partial charge on any atom is 0.349 e. The third-order valence-corrected chi connectivity index (χ3v) is 5.45. The number of methoxy groups -OCH3 is 1. The minimum Gasteiger partial charge on any atom is -0.493 e. The first-order chi connectivity index (χ1) is 14.7. The Balaban J connectivity index is 1.40. The molecule has 3 aromatic rings. The number of fused-ring (bicyclic) bond motifs is 1. The number of amides is 1. The smallest absolute Gasteiger partial charge is 0.349 e. The Morgan fingerprint density at radius 1 is 1.13 bits per heavy atom.